The van der Waals surface area contributed by atoms with Crippen molar-refractivity contribution in [3.63, 3.8) is 0 Å². The van der Waals surface area contributed by atoms with Gasteiger partial charge in [-0.25, -0.2) is 0 Å². The van der Waals surface area contributed by atoms with E-state index in [1.54, 1.807) is 11.3 Å². The molecule has 2 aromatic carbocycles. The van der Waals surface area contributed by atoms with Gasteiger partial charge in [-0.15, -0.1) is 0 Å². The first kappa shape index (κ1) is 23.0. The van der Waals surface area contributed by atoms with Crippen molar-refractivity contribution in [2.24, 2.45) is 0 Å². The zero-order valence-corrected chi connectivity index (χ0v) is 20.5. The van der Waals surface area contributed by atoms with Crippen molar-refractivity contribution in [2.45, 2.75) is 57.8 Å². The molecule has 2 bridgehead atoms. The van der Waals surface area contributed by atoms with E-state index in [9.17, 15) is 9.90 Å². The molecule has 2 aliphatic rings. The van der Waals surface area contributed by atoms with Crippen LogP contribution in [-0.2, 0) is 13.2 Å². The van der Waals surface area contributed by atoms with Crippen LogP contribution in [0, 0.1) is 0 Å². The second-order valence-corrected chi connectivity index (χ2v) is 10.1. The number of hydrogen-bond acceptors (Lipinski definition) is 4. The van der Waals surface area contributed by atoms with Crippen LogP contribution in [0.1, 0.15) is 65.2 Å². The highest BCUT2D eigenvalue weighted by molar-refractivity contribution is 7.07. The highest BCUT2D eigenvalue weighted by atomic mass is 32.1. The van der Waals surface area contributed by atoms with Crippen molar-refractivity contribution in [1.29, 1.82) is 0 Å². The average molecular weight is 473 g/mol. The summed E-state index contributed by atoms with van der Waals surface area (Å²) < 4.78 is 0. The summed E-state index contributed by atoms with van der Waals surface area (Å²) in [6.07, 6.45) is 4.67. The molecule has 3 heterocycles. The van der Waals surface area contributed by atoms with Gasteiger partial charge in [0.2, 0.25) is 0 Å². The highest BCUT2D eigenvalue weighted by Gasteiger charge is 2.39. The Morgan fingerprint density at radius 1 is 0.941 bits per heavy atom. The van der Waals surface area contributed by atoms with E-state index in [0.717, 1.165) is 30.5 Å². The standard InChI is InChI=1S/C29H32N2O2S/c1-2-30-29(33)24-9-7-23(8-10-24)28(22-5-3-20(18-32)4-6-22)25-15-26-11-12-27(16-25)31(26)17-21-13-14-34-19-21/h3-10,13-14,19,26-27,32H,2,11-12,15-18H2,1H3,(H,30,33)/t26-,27+. The summed E-state index contributed by atoms with van der Waals surface area (Å²) in [5, 5.41) is 16.8. The number of hydrogen-bond donors (Lipinski definition) is 2. The Morgan fingerprint density at radius 2 is 1.56 bits per heavy atom. The maximum atomic E-state index is 12.3. The molecule has 0 aliphatic carbocycles. The molecular formula is C29H32N2O2S. The Bertz CT molecular complexity index is 1130. The molecule has 34 heavy (non-hydrogen) atoms. The Kier molecular flexibility index (Phi) is 6.95. The van der Waals surface area contributed by atoms with Gasteiger partial charge in [0.25, 0.3) is 5.91 Å². The lowest BCUT2D eigenvalue weighted by molar-refractivity contribution is 0.0956. The molecule has 5 heteroatoms. The van der Waals surface area contributed by atoms with Gasteiger partial charge >= 0.3 is 0 Å². The number of aliphatic hydroxyl groups is 1. The smallest absolute Gasteiger partial charge is 0.251 e. The van der Waals surface area contributed by atoms with Crippen LogP contribution in [0.2, 0.25) is 0 Å². The quantitative estimate of drug-likeness (QED) is 0.469. The van der Waals surface area contributed by atoms with E-state index in [-0.39, 0.29) is 12.5 Å². The predicted molar refractivity (Wildman–Crippen MR) is 139 cm³/mol. The van der Waals surface area contributed by atoms with Gasteiger partial charge in [-0.3, -0.25) is 9.69 Å². The molecule has 5 rings (SSSR count). The maximum absolute atomic E-state index is 12.3. The lowest BCUT2D eigenvalue weighted by Crippen LogP contribution is -2.40. The van der Waals surface area contributed by atoms with E-state index in [0.29, 0.717) is 24.2 Å². The number of thiophene rings is 1. The van der Waals surface area contributed by atoms with Gasteiger partial charge in [0.15, 0.2) is 0 Å². The third-order valence-corrected chi connectivity index (χ3v) is 7.96. The van der Waals surface area contributed by atoms with Crippen molar-refractivity contribution in [3.05, 3.63) is 98.7 Å². The molecule has 1 aromatic heterocycles. The number of benzene rings is 2. The van der Waals surface area contributed by atoms with Gasteiger partial charge in [0.05, 0.1) is 6.61 Å². The lowest BCUT2D eigenvalue weighted by Gasteiger charge is -2.37. The maximum Gasteiger partial charge on any atom is 0.251 e. The molecular weight excluding hydrogens is 440 g/mol. The molecule has 176 valence electrons. The fraction of sp³-hybridized carbons (Fsp3) is 0.345. The lowest BCUT2D eigenvalue weighted by atomic mass is 9.85. The average Bonchev–Trinajstić information content (AvgIpc) is 3.45. The second-order valence-electron chi connectivity index (χ2n) is 9.37. The Morgan fingerprint density at radius 3 is 2.12 bits per heavy atom. The Balaban J connectivity index is 1.49. The minimum absolute atomic E-state index is 0.0321. The number of fused-ring (bicyclic) bond motifs is 2. The molecule has 0 saturated carbocycles. The first-order valence-electron chi connectivity index (χ1n) is 12.2. The van der Waals surface area contributed by atoms with Crippen LogP contribution in [0.25, 0.3) is 5.57 Å². The molecule has 4 nitrogen and oxygen atoms in total. The number of aliphatic hydroxyl groups excluding tert-OH is 1. The predicted octanol–water partition coefficient (Wildman–Crippen LogP) is 5.62. The first-order chi connectivity index (χ1) is 16.7. The molecule has 2 aliphatic heterocycles. The summed E-state index contributed by atoms with van der Waals surface area (Å²) in [7, 11) is 0. The van der Waals surface area contributed by atoms with Gasteiger partial charge in [-0.05, 0) is 89.4 Å². The van der Waals surface area contributed by atoms with Crippen molar-refractivity contribution >= 4 is 22.8 Å². The SMILES string of the molecule is CCNC(=O)c1ccc(C(=C2C[C@H]3CC[C@@H](C2)N3Cc2ccsc2)c2ccc(CO)cc2)cc1. The number of piperidine rings is 1. The molecule has 2 N–H and O–H groups in total. The Labute approximate surface area is 205 Å². The minimum atomic E-state index is -0.0321. The highest BCUT2D eigenvalue weighted by Crippen LogP contribution is 2.43. The summed E-state index contributed by atoms with van der Waals surface area (Å²) in [5.74, 6) is -0.0321. The molecule has 2 atom stereocenters. The van der Waals surface area contributed by atoms with Gasteiger partial charge in [0.1, 0.15) is 0 Å². The molecule has 1 amide bonds. The summed E-state index contributed by atoms with van der Waals surface area (Å²) in [4.78, 5) is 15.0. The number of carbonyl (C=O) groups excluding carboxylic acids is 1. The van der Waals surface area contributed by atoms with Gasteiger partial charge in [-0.2, -0.15) is 11.3 Å². The fourth-order valence-corrected chi connectivity index (χ4v) is 6.22. The fourth-order valence-electron chi connectivity index (χ4n) is 5.56. The topological polar surface area (TPSA) is 52.6 Å². The van der Waals surface area contributed by atoms with E-state index >= 15 is 0 Å². The third-order valence-electron chi connectivity index (χ3n) is 7.23. The molecule has 0 spiro atoms. The van der Waals surface area contributed by atoms with Crippen LogP contribution in [0.3, 0.4) is 0 Å². The van der Waals surface area contributed by atoms with E-state index < -0.39 is 0 Å². The zero-order valence-electron chi connectivity index (χ0n) is 19.7. The number of nitrogens with zero attached hydrogens (tertiary/aromatic N) is 1. The van der Waals surface area contributed by atoms with Crippen LogP contribution < -0.4 is 5.32 Å². The van der Waals surface area contributed by atoms with Gasteiger partial charge < -0.3 is 10.4 Å². The van der Waals surface area contributed by atoms with E-state index in [1.165, 1.54) is 35.1 Å². The van der Waals surface area contributed by atoms with E-state index in [1.807, 2.05) is 31.2 Å². The molecule has 0 radical (unpaired) electrons. The number of rotatable bonds is 7. The monoisotopic (exact) mass is 472 g/mol. The van der Waals surface area contributed by atoms with Crippen LogP contribution in [-0.4, -0.2) is 34.5 Å². The van der Waals surface area contributed by atoms with E-state index in [4.69, 9.17) is 0 Å². The first-order valence-corrected chi connectivity index (χ1v) is 13.2. The summed E-state index contributed by atoms with van der Waals surface area (Å²) in [6.45, 7) is 3.66. The van der Waals surface area contributed by atoms with Crippen molar-refractivity contribution in [2.75, 3.05) is 6.54 Å². The van der Waals surface area contributed by atoms with Gasteiger partial charge in [-0.1, -0.05) is 42.0 Å². The van der Waals surface area contributed by atoms with Crippen molar-refractivity contribution in [3.8, 4) is 0 Å². The number of nitrogens with one attached hydrogen (secondary N) is 1. The van der Waals surface area contributed by atoms with Crippen molar-refractivity contribution < 1.29 is 9.90 Å². The minimum Gasteiger partial charge on any atom is -0.392 e. The largest absolute Gasteiger partial charge is 0.392 e. The van der Waals surface area contributed by atoms with Crippen LogP contribution >= 0.6 is 11.3 Å². The summed E-state index contributed by atoms with van der Waals surface area (Å²) in [6, 6.07) is 19.7. The summed E-state index contributed by atoms with van der Waals surface area (Å²) in [5.41, 5.74) is 8.18. The normalized spacial score (nSPS) is 21.5. The van der Waals surface area contributed by atoms with Crippen LogP contribution in [0.15, 0.2) is 70.9 Å². The summed E-state index contributed by atoms with van der Waals surface area (Å²) >= 11 is 1.78. The number of carbonyl (C=O) groups is 1. The Hall–Kier alpha value is -2.73. The van der Waals surface area contributed by atoms with Gasteiger partial charge in [0, 0.05) is 30.7 Å². The van der Waals surface area contributed by atoms with Crippen LogP contribution in [0.4, 0.5) is 0 Å². The van der Waals surface area contributed by atoms with E-state index in [2.05, 4.69) is 51.3 Å². The van der Waals surface area contributed by atoms with Crippen molar-refractivity contribution in [1.82, 2.24) is 10.2 Å². The molecule has 0 unspecified atom stereocenters. The third kappa shape index (κ3) is 4.74. The number of amides is 1. The second kappa shape index (κ2) is 10.3. The molecule has 2 saturated heterocycles. The molecule has 3 aromatic rings. The van der Waals surface area contributed by atoms with Crippen LogP contribution in [0.5, 0.6) is 0 Å². The molecule has 2 fully saturated rings. The zero-order chi connectivity index (χ0) is 23.5.